The predicted octanol–water partition coefficient (Wildman–Crippen LogP) is 4.09. The van der Waals surface area contributed by atoms with E-state index in [0.717, 1.165) is 24.2 Å². The predicted molar refractivity (Wildman–Crippen MR) is 100 cm³/mol. The third kappa shape index (κ3) is 3.63. The lowest BCUT2D eigenvalue weighted by Crippen LogP contribution is -2.08. The smallest absolute Gasteiger partial charge is 0.248 e. The quantitative estimate of drug-likeness (QED) is 0.826. The molecule has 0 saturated heterocycles. The average Bonchev–Trinajstić information content (AvgIpc) is 2.99. The number of amides is 1. The van der Waals surface area contributed by atoms with Gasteiger partial charge < -0.3 is 19.5 Å². The molecule has 2 aromatic rings. The Kier molecular flexibility index (Phi) is 4.71. The number of rotatable bonds is 3. The highest BCUT2D eigenvalue weighted by Gasteiger charge is 2.15. The second-order valence-corrected chi connectivity index (χ2v) is 6.52. The van der Waals surface area contributed by atoms with Crippen LogP contribution in [0.15, 0.2) is 36.4 Å². The highest BCUT2D eigenvalue weighted by atomic mass is 35.5. The maximum absolute atomic E-state index is 12.3. The number of anilines is 1. The molecule has 0 spiro atoms. The van der Waals surface area contributed by atoms with Crippen LogP contribution >= 0.6 is 11.6 Å². The number of fused-ring (bicyclic) bond motifs is 2. The SMILES string of the molecule is O=C(/C=C/c1ccc2c(c1)CCO2)Nc1cc2c(cc1Cl)OCCCO2. The zero-order chi connectivity index (χ0) is 17.9. The normalized spacial score (nSPS) is 15.3. The van der Waals surface area contributed by atoms with Crippen LogP contribution in [0, 0.1) is 0 Å². The minimum absolute atomic E-state index is 0.266. The minimum atomic E-state index is -0.266. The van der Waals surface area contributed by atoms with E-state index in [0.29, 0.717) is 42.0 Å². The summed E-state index contributed by atoms with van der Waals surface area (Å²) < 4.78 is 16.7. The van der Waals surface area contributed by atoms with Crippen LogP contribution in [0.2, 0.25) is 5.02 Å². The molecule has 0 radical (unpaired) electrons. The van der Waals surface area contributed by atoms with Crippen molar-refractivity contribution in [2.45, 2.75) is 12.8 Å². The third-order valence-electron chi connectivity index (χ3n) is 4.24. The van der Waals surface area contributed by atoms with Crippen LogP contribution in [-0.4, -0.2) is 25.7 Å². The first-order valence-electron chi connectivity index (χ1n) is 8.53. The largest absolute Gasteiger partial charge is 0.493 e. The summed E-state index contributed by atoms with van der Waals surface area (Å²) in [5.41, 5.74) is 2.61. The van der Waals surface area contributed by atoms with Gasteiger partial charge >= 0.3 is 0 Å². The van der Waals surface area contributed by atoms with Gasteiger partial charge in [0.05, 0.1) is 30.5 Å². The van der Waals surface area contributed by atoms with Crippen molar-refractivity contribution < 1.29 is 19.0 Å². The fraction of sp³-hybridized carbons (Fsp3) is 0.250. The molecule has 0 aromatic heterocycles. The molecule has 0 aliphatic carbocycles. The number of ether oxygens (including phenoxy) is 3. The number of halogens is 1. The molecular formula is C20H18ClNO4. The Labute approximate surface area is 156 Å². The van der Waals surface area contributed by atoms with E-state index in [4.69, 9.17) is 25.8 Å². The van der Waals surface area contributed by atoms with Crippen LogP contribution in [0.3, 0.4) is 0 Å². The fourth-order valence-corrected chi connectivity index (χ4v) is 3.14. The molecule has 0 atom stereocenters. The van der Waals surface area contributed by atoms with Gasteiger partial charge in [0, 0.05) is 31.1 Å². The van der Waals surface area contributed by atoms with E-state index in [1.807, 2.05) is 18.2 Å². The molecule has 2 aliphatic rings. The maximum Gasteiger partial charge on any atom is 0.248 e. The molecule has 4 rings (SSSR count). The van der Waals surface area contributed by atoms with Crippen molar-refractivity contribution in [2.24, 2.45) is 0 Å². The third-order valence-corrected chi connectivity index (χ3v) is 4.55. The Balaban J connectivity index is 1.47. The molecule has 26 heavy (non-hydrogen) atoms. The summed E-state index contributed by atoms with van der Waals surface area (Å²) in [6.45, 7) is 1.87. The standard InChI is InChI=1S/C20H18ClNO4/c21-15-11-18-19(25-8-1-7-24-18)12-16(15)22-20(23)5-3-13-2-4-17-14(10-13)6-9-26-17/h2-5,10-12H,1,6-9H2,(H,22,23)/b5-3+. The van der Waals surface area contributed by atoms with E-state index in [2.05, 4.69) is 5.32 Å². The molecule has 5 nitrogen and oxygen atoms in total. The molecule has 1 amide bonds. The first-order chi connectivity index (χ1) is 12.7. The fourth-order valence-electron chi connectivity index (χ4n) is 2.94. The van der Waals surface area contributed by atoms with E-state index >= 15 is 0 Å². The van der Waals surface area contributed by atoms with Crippen molar-refractivity contribution in [1.29, 1.82) is 0 Å². The Morgan fingerprint density at radius 3 is 2.62 bits per heavy atom. The second-order valence-electron chi connectivity index (χ2n) is 6.12. The Morgan fingerprint density at radius 2 is 1.77 bits per heavy atom. The van der Waals surface area contributed by atoms with Gasteiger partial charge in [-0.2, -0.15) is 0 Å². The summed E-state index contributed by atoms with van der Waals surface area (Å²) in [4.78, 5) is 12.3. The van der Waals surface area contributed by atoms with Gasteiger partial charge in [-0.15, -0.1) is 0 Å². The first-order valence-corrected chi connectivity index (χ1v) is 8.91. The van der Waals surface area contributed by atoms with Crippen molar-refractivity contribution in [3.05, 3.63) is 52.6 Å². The molecule has 6 heteroatoms. The van der Waals surface area contributed by atoms with Gasteiger partial charge in [-0.1, -0.05) is 17.7 Å². The molecule has 1 N–H and O–H groups in total. The molecule has 0 fully saturated rings. The summed E-state index contributed by atoms with van der Waals surface area (Å²) in [5.74, 6) is 1.84. The Morgan fingerprint density at radius 1 is 1.00 bits per heavy atom. The van der Waals surface area contributed by atoms with Crippen LogP contribution in [0.1, 0.15) is 17.5 Å². The maximum atomic E-state index is 12.3. The molecule has 2 aromatic carbocycles. The summed E-state index contributed by atoms with van der Waals surface area (Å²) in [5, 5.41) is 3.19. The number of benzene rings is 2. The summed E-state index contributed by atoms with van der Waals surface area (Å²) >= 11 is 6.25. The molecule has 134 valence electrons. The number of carbonyl (C=O) groups excluding carboxylic acids is 1. The lowest BCUT2D eigenvalue weighted by atomic mass is 10.1. The second kappa shape index (κ2) is 7.30. The van der Waals surface area contributed by atoms with E-state index < -0.39 is 0 Å². The van der Waals surface area contributed by atoms with Gasteiger partial charge in [0.15, 0.2) is 11.5 Å². The summed E-state index contributed by atoms with van der Waals surface area (Å²) in [6.07, 6.45) is 4.96. The summed E-state index contributed by atoms with van der Waals surface area (Å²) in [7, 11) is 0. The minimum Gasteiger partial charge on any atom is -0.493 e. The van der Waals surface area contributed by atoms with Crippen LogP contribution in [-0.2, 0) is 11.2 Å². The van der Waals surface area contributed by atoms with Crippen LogP contribution in [0.5, 0.6) is 17.2 Å². The molecule has 2 heterocycles. The zero-order valence-electron chi connectivity index (χ0n) is 14.1. The Bertz CT molecular complexity index is 878. The van der Waals surface area contributed by atoms with Crippen LogP contribution in [0.25, 0.3) is 6.08 Å². The van der Waals surface area contributed by atoms with Gasteiger partial charge in [-0.05, 0) is 29.3 Å². The summed E-state index contributed by atoms with van der Waals surface area (Å²) in [6, 6.07) is 9.26. The van der Waals surface area contributed by atoms with Crippen molar-refractivity contribution >= 4 is 29.3 Å². The van der Waals surface area contributed by atoms with Crippen LogP contribution in [0.4, 0.5) is 5.69 Å². The number of nitrogens with one attached hydrogen (secondary N) is 1. The number of carbonyl (C=O) groups is 1. The highest BCUT2D eigenvalue weighted by Crippen LogP contribution is 2.37. The number of hydrogen-bond donors (Lipinski definition) is 1. The molecular weight excluding hydrogens is 354 g/mol. The molecule has 0 unspecified atom stereocenters. The topological polar surface area (TPSA) is 56.8 Å². The average molecular weight is 372 g/mol. The van der Waals surface area contributed by atoms with E-state index in [-0.39, 0.29) is 5.91 Å². The van der Waals surface area contributed by atoms with Crippen molar-refractivity contribution in [2.75, 3.05) is 25.1 Å². The van der Waals surface area contributed by atoms with Gasteiger partial charge in [0.25, 0.3) is 0 Å². The number of hydrogen-bond acceptors (Lipinski definition) is 4. The monoisotopic (exact) mass is 371 g/mol. The van der Waals surface area contributed by atoms with Crippen molar-refractivity contribution in [3.63, 3.8) is 0 Å². The van der Waals surface area contributed by atoms with Crippen molar-refractivity contribution in [3.8, 4) is 17.2 Å². The van der Waals surface area contributed by atoms with E-state index in [1.165, 1.54) is 11.6 Å². The van der Waals surface area contributed by atoms with Crippen LogP contribution < -0.4 is 19.5 Å². The van der Waals surface area contributed by atoms with Gasteiger partial charge in [-0.25, -0.2) is 0 Å². The zero-order valence-corrected chi connectivity index (χ0v) is 14.8. The van der Waals surface area contributed by atoms with Gasteiger partial charge in [-0.3, -0.25) is 4.79 Å². The lowest BCUT2D eigenvalue weighted by Gasteiger charge is -2.11. The highest BCUT2D eigenvalue weighted by molar-refractivity contribution is 6.34. The van der Waals surface area contributed by atoms with Gasteiger partial charge in [0.1, 0.15) is 5.75 Å². The van der Waals surface area contributed by atoms with E-state index in [1.54, 1.807) is 18.2 Å². The van der Waals surface area contributed by atoms with Crippen molar-refractivity contribution in [1.82, 2.24) is 0 Å². The first kappa shape index (κ1) is 16.8. The van der Waals surface area contributed by atoms with Gasteiger partial charge in [0.2, 0.25) is 5.91 Å². The molecule has 2 aliphatic heterocycles. The molecule has 0 bridgehead atoms. The Hall–Kier alpha value is -2.66. The lowest BCUT2D eigenvalue weighted by molar-refractivity contribution is -0.111. The van der Waals surface area contributed by atoms with E-state index in [9.17, 15) is 4.79 Å². The molecule has 0 saturated carbocycles.